The van der Waals surface area contributed by atoms with Crippen molar-refractivity contribution in [1.82, 2.24) is 14.7 Å². The maximum Gasteiger partial charge on any atom is 0.289 e. The Labute approximate surface area is 129 Å². The van der Waals surface area contributed by atoms with E-state index in [9.17, 15) is 9.59 Å². The maximum atomic E-state index is 12.1. The molecule has 0 saturated carbocycles. The highest BCUT2D eigenvalue weighted by atomic mass is 79.9. The first-order valence-corrected chi connectivity index (χ1v) is 7.41. The van der Waals surface area contributed by atoms with E-state index in [-0.39, 0.29) is 17.4 Å². The monoisotopic (exact) mass is 351 g/mol. The third-order valence-corrected chi connectivity index (χ3v) is 3.89. The van der Waals surface area contributed by atoms with Gasteiger partial charge in [0.1, 0.15) is 0 Å². The molecule has 7 heteroatoms. The van der Waals surface area contributed by atoms with Crippen LogP contribution in [0.15, 0.2) is 38.1 Å². The summed E-state index contributed by atoms with van der Waals surface area (Å²) in [5.74, 6) is 0.451. The van der Waals surface area contributed by atoms with Gasteiger partial charge < -0.3 is 9.32 Å². The SMILES string of the molecule is Cc1ccc(=O)n(CC2CN(C(=O)c3ccc(Br)o3)C2)n1. The molecular weight excluding hydrogens is 338 g/mol. The summed E-state index contributed by atoms with van der Waals surface area (Å²) in [7, 11) is 0. The lowest BCUT2D eigenvalue weighted by atomic mass is 10.00. The van der Waals surface area contributed by atoms with Crippen LogP contribution in [0.4, 0.5) is 0 Å². The smallest absolute Gasteiger partial charge is 0.289 e. The zero-order valence-corrected chi connectivity index (χ0v) is 13.0. The Kier molecular flexibility index (Phi) is 3.67. The van der Waals surface area contributed by atoms with E-state index in [2.05, 4.69) is 21.0 Å². The second-order valence-corrected chi connectivity index (χ2v) is 5.96. The van der Waals surface area contributed by atoms with Gasteiger partial charge in [0.2, 0.25) is 0 Å². The largest absolute Gasteiger partial charge is 0.444 e. The van der Waals surface area contributed by atoms with E-state index < -0.39 is 0 Å². The number of rotatable bonds is 3. The van der Waals surface area contributed by atoms with Crippen LogP contribution in [0.3, 0.4) is 0 Å². The summed E-state index contributed by atoms with van der Waals surface area (Å²) in [6.45, 7) is 3.60. The van der Waals surface area contributed by atoms with Crippen LogP contribution in [-0.2, 0) is 6.54 Å². The summed E-state index contributed by atoms with van der Waals surface area (Å²) < 4.78 is 7.25. The molecule has 0 N–H and O–H groups in total. The number of amides is 1. The van der Waals surface area contributed by atoms with Gasteiger partial charge in [-0.15, -0.1) is 0 Å². The molecule has 2 aromatic rings. The lowest BCUT2D eigenvalue weighted by Gasteiger charge is -2.38. The van der Waals surface area contributed by atoms with Gasteiger partial charge in [-0.1, -0.05) is 0 Å². The first-order chi connectivity index (χ1) is 10.0. The fraction of sp³-hybridized carbons (Fsp3) is 0.357. The summed E-state index contributed by atoms with van der Waals surface area (Å²) in [6, 6.07) is 6.56. The quantitative estimate of drug-likeness (QED) is 0.843. The molecule has 0 unspecified atom stereocenters. The third kappa shape index (κ3) is 2.92. The maximum absolute atomic E-state index is 12.1. The Morgan fingerprint density at radius 3 is 2.81 bits per heavy atom. The van der Waals surface area contributed by atoms with E-state index in [0.717, 1.165) is 5.69 Å². The molecule has 110 valence electrons. The van der Waals surface area contributed by atoms with E-state index in [1.807, 2.05) is 6.92 Å². The van der Waals surface area contributed by atoms with Gasteiger partial charge in [0, 0.05) is 25.1 Å². The molecule has 1 aliphatic rings. The Morgan fingerprint density at radius 1 is 1.38 bits per heavy atom. The van der Waals surface area contributed by atoms with Crippen molar-refractivity contribution in [3.8, 4) is 0 Å². The second kappa shape index (κ2) is 5.48. The highest BCUT2D eigenvalue weighted by Crippen LogP contribution is 2.22. The van der Waals surface area contributed by atoms with Gasteiger partial charge in [-0.3, -0.25) is 9.59 Å². The Hall–Kier alpha value is -1.89. The number of aryl methyl sites for hydroxylation is 1. The predicted molar refractivity (Wildman–Crippen MR) is 79.0 cm³/mol. The number of carbonyl (C=O) groups is 1. The van der Waals surface area contributed by atoms with Crippen LogP contribution in [0, 0.1) is 12.8 Å². The molecule has 21 heavy (non-hydrogen) atoms. The van der Waals surface area contributed by atoms with Crippen molar-refractivity contribution in [1.29, 1.82) is 0 Å². The summed E-state index contributed by atoms with van der Waals surface area (Å²) >= 11 is 3.18. The van der Waals surface area contributed by atoms with Crippen molar-refractivity contribution in [3.63, 3.8) is 0 Å². The summed E-state index contributed by atoms with van der Waals surface area (Å²) in [6.07, 6.45) is 0. The predicted octanol–water partition coefficient (Wildman–Crippen LogP) is 1.68. The van der Waals surface area contributed by atoms with Gasteiger partial charge in [-0.2, -0.15) is 5.10 Å². The average Bonchev–Trinajstić information content (AvgIpc) is 2.83. The third-order valence-electron chi connectivity index (χ3n) is 3.46. The average molecular weight is 352 g/mol. The molecule has 6 nitrogen and oxygen atoms in total. The van der Waals surface area contributed by atoms with Crippen molar-refractivity contribution in [2.75, 3.05) is 13.1 Å². The van der Waals surface area contributed by atoms with Crippen LogP contribution in [0.5, 0.6) is 0 Å². The molecule has 0 aliphatic carbocycles. The number of furan rings is 1. The van der Waals surface area contributed by atoms with Crippen LogP contribution in [0.1, 0.15) is 16.2 Å². The summed E-state index contributed by atoms with van der Waals surface area (Å²) in [5.41, 5.74) is 0.697. The van der Waals surface area contributed by atoms with Crippen LogP contribution in [0.25, 0.3) is 0 Å². The number of aromatic nitrogens is 2. The summed E-state index contributed by atoms with van der Waals surface area (Å²) in [5, 5.41) is 4.20. The topological polar surface area (TPSA) is 68.3 Å². The molecule has 1 aliphatic heterocycles. The minimum Gasteiger partial charge on any atom is -0.444 e. The number of halogens is 1. The van der Waals surface area contributed by atoms with Gasteiger partial charge in [-0.05, 0) is 41.1 Å². The van der Waals surface area contributed by atoms with Crippen LogP contribution in [0.2, 0.25) is 0 Å². The van der Waals surface area contributed by atoms with Gasteiger partial charge in [0.15, 0.2) is 10.4 Å². The number of carbonyl (C=O) groups excluding carboxylic acids is 1. The van der Waals surface area contributed by atoms with Crippen molar-refractivity contribution >= 4 is 21.8 Å². The Bertz CT molecular complexity index is 731. The van der Waals surface area contributed by atoms with E-state index in [1.165, 1.54) is 10.7 Å². The van der Waals surface area contributed by atoms with E-state index in [4.69, 9.17) is 4.42 Å². The minimum atomic E-state index is -0.124. The summed E-state index contributed by atoms with van der Waals surface area (Å²) in [4.78, 5) is 25.5. The van der Waals surface area contributed by atoms with E-state index in [0.29, 0.717) is 30.1 Å². The molecule has 1 amide bonds. The fourth-order valence-corrected chi connectivity index (χ4v) is 2.67. The van der Waals surface area contributed by atoms with Gasteiger partial charge >= 0.3 is 0 Å². The highest BCUT2D eigenvalue weighted by molar-refractivity contribution is 9.10. The van der Waals surface area contributed by atoms with Crippen LogP contribution in [-0.4, -0.2) is 33.7 Å². The van der Waals surface area contributed by atoms with Crippen LogP contribution >= 0.6 is 15.9 Å². The van der Waals surface area contributed by atoms with E-state index in [1.54, 1.807) is 23.1 Å². The van der Waals surface area contributed by atoms with Crippen molar-refractivity contribution < 1.29 is 9.21 Å². The zero-order valence-electron chi connectivity index (χ0n) is 11.5. The first-order valence-electron chi connectivity index (χ1n) is 6.62. The van der Waals surface area contributed by atoms with Crippen LogP contribution < -0.4 is 5.56 Å². The molecule has 3 heterocycles. The molecular formula is C14H14BrN3O3. The molecule has 2 aromatic heterocycles. The normalized spacial score (nSPS) is 15.0. The fourth-order valence-electron chi connectivity index (χ4n) is 2.36. The molecule has 1 fully saturated rings. The Balaban J connectivity index is 1.60. The highest BCUT2D eigenvalue weighted by Gasteiger charge is 2.33. The first kappa shape index (κ1) is 14.1. The van der Waals surface area contributed by atoms with Crippen molar-refractivity contribution in [2.45, 2.75) is 13.5 Å². The Morgan fingerprint density at radius 2 is 2.14 bits per heavy atom. The molecule has 0 radical (unpaired) electrons. The van der Waals surface area contributed by atoms with Gasteiger partial charge in [-0.25, -0.2) is 4.68 Å². The van der Waals surface area contributed by atoms with Crippen molar-refractivity contribution in [2.24, 2.45) is 5.92 Å². The number of nitrogens with zero attached hydrogens (tertiary/aromatic N) is 3. The lowest BCUT2D eigenvalue weighted by molar-refractivity contribution is 0.0426. The zero-order chi connectivity index (χ0) is 15.0. The minimum absolute atomic E-state index is 0.111. The molecule has 3 rings (SSSR count). The number of hydrogen-bond acceptors (Lipinski definition) is 4. The lowest BCUT2D eigenvalue weighted by Crippen LogP contribution is -2.52. The molecule has 0 spiro atoms. The van der Waals surface area contributed by atoms with Gasteiger partial charge in [0.05, 0.1) is 12.2 Å². The van der Waals surface area contributed by atoms with Gasteiger partial charge in [0.25, 0.3) is 11.5 Å². The number of hydrogen-bond donors (Lipinski definition) is 0. The standard InChI is InChI=1S/C14H14BrN3O3/c1-9-2-5-13(19)18(16-9)8-10-6-17(7-10)14(20)11-3-4-12(15)21-11/h2-5,10H,6-8H2,1H3. The second-order valence-electron chi connectivity index (χ2n) is 5.17. The van der Waals surface area contributed by atoms with Crippen molar-refractivity contribution in [3.05, 3.63) is 50.7 Å². The molecule has 0 aromatic carbocycles. The molecule has 0 atom stereocenters. The molecule has 1 saturated heterocycles. The van der Waals surface area contributed by atoms with E-state index >= 15 is 0 Å². The number of likely N-dealkylation sites (tertiary alicyclic amines) is 1. The molecule has 0 bridgehead atoms.